The summed E-state index contributed by atoms with van der Waals surface area (Å²) in [6.07, 6.45) is -5.03. The van der Waals surface area contributed by atoms with Crippen LogP contribution >= 0.6 is 11.8 Å². The van der Waals surface area contributed by atoms with E-state index in [-0.39, 0.29) is 0 Å². The van der Waals surface area contributed by atoms with E-state index in [1.807, 2.05) is 0 Å². The Morgan fingerprint density at radius 1 is 1.30 bits per heavy atom. The van der Waals surface area contributed by atoms with Gasteiger partial charge in [0.25, 0.3) is 0 Å². The minimum atomic E-state index is -4.45. The highest BCUT2D eigenvalue weighted by molar-refractivity contribution is 7.99. The number of amides is 2. The number of carbonyl (C=O) groups excluding carboxylic acids is 2. The van der Waals surface area contributed by atoms with Crippen LogP contribution in [0.2, 0.25) is 0 Å². The lowest BCUT2D eigenvalue weighted by Crippen LogP contribution is -2.49. The van der Waals surface area contributed by atoms with E-state index in [9.17, 15) is 22.8 Å². The van der Waals surface area contributed by atoms with Gasteiger partial charge >= 0.3 is 12.3 Å². The first-order chi connectivity index (χ1) is 12.4. The normalized spacial score (nSPS) is 18.9. The first-order valence-corrected chi connectivity index (χ1v) is 9.59. The molecule has 1 N–H and O–H groups in total. The number of carbonyl (C=O) groups is 2. The van der Waals surface area contributed by atoms with Gasteiger partial charge in [-0.3, -0.25) is 9.69 Å². The van der Waals surface area contributed by atoms with Gasteiger partial charge in [-0.1, -0.05) is 12.1 Å². The lowest BCUT2D eigenvalue weighted by molar-refractivity contribution is -0.137. The van der Waals surface area contributed by atoms with Gasteiger partial charge in [0.2, 0.25) is 5.91 Å². The fourth-order valence-electron chi connectivity index (χ4n) is 2.54. The Balaban J connectivity index is 2.06. The number of benzene rings is 1. The minimum Gasteiger partial charge on any atom is -0.444 e. The number of nitrogens with one attached hydrogen (secondary N) is 1. The summed E-state index contributed by atoms with van der Waals surface area (Å²) in [6, 6.07) is 3.47. The van der Waals surface area contributed by atoms with Crippen molar-refractivity contribution >= 4 is 23.8 Å². The Labute approximate surface area is 160 Å². The zero-order valence-corrected chi connectivity index (χ0v) is 16.4. The fourth-order valence-corrected chi connectivity index (χ4v) is 3.68. The maximum atomic E-state index is 12.9. The molecule has 150 valence electrons. The van der Waals surface area contributed by atoms with Crippen molar-refractivity contribution in [3.8, 4) is 0 Å². The van der Waals surface area contributed by atoms with E-state index in [4.69, 9.17) is 4.74 Å². The number of hydrogen-bond donors (Lipinski definition) is 1. The molecule has 27 heavy (non-hydrogen) atoms. The van der Waals surface area contributed by atoms with Crippen molar-refractivity contribution in [1.29, 1.82) is 0 Å². The molecule has 0 saturated carbocycles. The number of hydrogen-bond acceptors (Lipinski definition) is 4. The quantitative estimate of drug-likeness (QED) is 0.821. The zero-order valence-electron chi connectivity index (χ0n) is 15.6. The highest BCUT2D eigenvalue weighted by Crippen LogP contribution is 2.31. The van der Waals surface area contributed by atoms with Gasteiger partial charge in [0.1, 0.15) is 11.6 Å². The van der Waals surface area contributed by atoms with Gasteiger partial charge in [-0.15, -0.1) is 11.8 Å². The van der Waals surface area contributed by atoms with Gasteiger partial charge in [0.05, 0.1) is 17.5 Å². The second-order valence-corrected chi connectivity index (χ2v) is 8.32. The van der Waals surface area contributed by atoms with Crippen molar-refractivity contribution in [2.45, 2.75) is 51.6 Å². The first kappa shape index (κ1) is 21.4. The third-order valence-corrected chi connectivity index (χ3v) is 4.90. The molecule has 0 bridgehead atoms. The van der Waals surface area contributed by atoms with Crippen molar-refractivity contribution in [3.05, 3.63) is 35.4 Å². The molecule has 2 atom stereocenters. The monoisotopic (exact) mass is 404 g/mol. The molecule has 5 nitrogen and oxygen atoms in total. The summed E-state index contributed by atoms with van der Waals surface area (Å²) >= 11 is 1.42. The lowest BCUT2D eigenvalue weighted by Gasteiger charge is -2.28. The topological polar surface area (TPSA) is 58.6 Å². The Bertz CT molecular complexity index is 704. The Kier molecular flexibility index (Phi) is 6.34. The SMILES string of the molecule is C[C@H](NC(=O)[C@H]1CSCN1C(=O)OC(C)(C)C)c1cccc(C(F)(F)F)c1. The molecule has 9 heteroatoms. The molecule has 0 unspecified atom stereocenters. The Hall–Kier alpha value is -1.90. The summed E-state index contributed by atoms with van der Waals surface area (Å²) in [4.78, 5) is 26.2. The van der Waals surface area contributed by atoms with Crippen LogP contribution in [0, 0.1) is 0 Å². The van der Waals surface area contributed by atoms with Crippen LogP contribution in [0.5, 0.6) is 0 Å². The van der Waals surface area contributed by atoms with Crippen molar-refractivity contribution in [1.82, 2.24) is 10.2 Å². The number of rotatable bonds is 3. The lowest BCUT2D eigenvalue weighted by atomic mass is 10.0. The van der Waals surface area contributed by atoms with E-state index in [1.54, 1.807) is 27.7 Å². The van der Waals surface area contributed by atoms with Crippen molar-refractivity contribution in [2.24, 2.45) is 0 Å². The van der Waals surface area contributed by atoms with E-state index in [1.165, 1.54) is 28.8 Å². The van der Waals surface area contributed by atoms with Crippen LogP contribution in [0.3, 0.4) is 0 Å². The van der Waals surface area contributed by atoms with Gasteiger partial charge in [-0.25, -0.2) is 4.79 Å². The highest BCUT2D eigenvalue weighted by Gasteiger charge is 2.37. The van der Waals surface area contributed by atoms with Gasteiger partial charge in [-0.2, -0.15) is 13.2 Å². The summed E-state index contributed by atoms with van der Waals surface area (Å²) in [5, 5.41) is 2.70. The second-order valence-electron chi connectivity index (χ2n) is 7.32. The molecule has 1 aliphatic rings. The van der Waals surface area contributed by atoms with Gasteiger partial charge in [0.15, 0.2) is 0 Å². The van der Waals surface area contributed by atoms with Crippen LogP contribution in [0.25, 0.3) is 0 Å². The van der Waals surface area contributed by atoms with Crippen molar-refractivity contribution in [3.63, 3.8) is 0 Å². The smallest absolute Gasteiger partial charge is 0.416 e. The molecule has 1 saturated heterocycles. The highest BCUT2D eigenvalue weighted by atomic mass is 32.2. The second kappa shape index (κ2) is 8.00. The summed E-state index contributed by atoms with van der Waals surface area (Å²) in [6.45, 7) is 6.81. The van der Waals surface area contributed by atoms with E-state index >= 15 is 0 Å². The number of thioether (sulfide) groups is 1. The first-order valence-electron chi connectivity index (χ1n) is 8.43. The van der Waals surface area contributed by atoms with Crippen LogP contribution < -0.4 is 5.32 Å². The molecule has 1 aromatic carbocycles. The minimum absolute atomic E-state index is 0.324. The van der Waals surface area contributed by atoms with Gasteiger partial charge in [-0.05, 0) is 45.4 Å². The number of nitrogens with zero attached hydrogens (tertiary/aromatic N) is 1. The van der Waals surface area contributed by atoms with Gasteiger partial charge in [0, 0.05) is 5.75 Å². The van der Waals surface area contributed by atoms with Crippen LogP contribution in [0.4, 0.5) is 18.0 Å². The molecular formula is C18H23F3N2O3S. The van der Waals surface area contributed by atoms with E-state index in [2.05, 4.69) is 5.32 Å². The number of alkyl halides is 3. The fraction of sp³-hybridized carbons (Fsp3) is 0.556. The molecule has 1 aromatic rings. The van der Waals surface area contributed by atoms with E-state index in [0.29, 0.717) is 17.2 Å². The molecule has 2 rings (SSSR count). The van der Waals surface area contributed by atoms with Crippen LogP contribution in [-0.2, 0) is 15.7 Å². The summed E-state index contributed by atoms with van der Waals surface area (Å²) in [5.74, 6) is 0.307. The molecule has 1 heterocycles. The van der Waals surface area contributed by atoms with Crippen LogP contribution in [0.15, 0.2) is 24.3 Å². The molecule has 0 spiro atoms. The molecule has 1 fully saturated rings. The van der Waals surface area contributed by atoms with Gasteiger partial charge < -0.3 is 10.1 Å². The Morgan fingerprint density at radius 3 is 2.56 bits per heavy atom. The average molecular weight is 404 g/mol. The third-order valence-electron chi connectivity index (χ3n) is 3.89. The average Bonchev–Trinajstić information content (AvgIpc) is 3.02. The molecule has 1 aliphatic heterocycles. The Morgan fingerprint density at radius 2 is 1.96 bits per heavy atom. The number of ether oxygens (including phenoxy) is 1. The zero-order chi connectivity index (χ0) is 20.4. The molecular weight excluding hydrogens is 381 g/mol. The maximum Gasteiger partial charge on any atom is 0.416 e. The maximum absolute atomic E-state index is 12.9. The van der Waals surface area contributed by atoms with E-state index < -0.39 is 41.4 Å². The predicted octanol–water partition coefficient (Wildman–Crippen LogP) is 4.19. The molecule has 0 aromatic heterocycles. The van der Waals surface area contributed by atoms with Crippen LogP contribution in [0.1, 0.15) is 44.9 Å². The largest absolute Gasteiger partial charge is 0.444 e. The summed E-state index contributed by atoms with van der Waals surface area (Å²) in [7, 11) is 0. The van der Waals surface area contributed by atoms with E-state index in [0.717, 1.165) is 12.1 Å². The molecule has 0 radical (unpaired) electrons. The number of halogens is 3. The third kappa shape index (κ3) is 5.79. The standard InChI is InChI=1S/C18H23F3N2O3S/c1-11(12-6-5-7-13(8-12)18(19,20)21)22-15(24)14-9-27-10-23(14)16(25)26-17(2,3)4/h5-8,11,14H,9-10H2,1-4H3,(H,22,24)/t11-,14+/m0/s1. The molecule has 0 aliphatic carbocycles. The molecule has 2 amide bonds. The van der Waals surface area contributed by atoms with Crippen LogP contribution in [-0.4, -0.2) is 40.2 Å². The predicted molar refractivity (Wildman–Crippen MR) is 97.2 cm³/mol. The van der Waals surface area contributed by atoms with Crippen molar-refractivity contribution < 1.29 is 27.5 Å². The summed E-state index contributed by atoms with van der Waals surface area (Å²) < 4.78 is 43.9. The summed E-state index contributed by atoms with van der Waals surface area (Å²) in [5.41, 5.74) is -1.11. The van der Waals surface area contributed by atoms with Crippen molar-refractivity contribution in [2.75, 3.05) is 11.6 Å².